The Labute approximate surface area is 69.0 Å². The van der Waals surface area contributed by atoms with Gasteiger partial charge in [0.25, 0.3) is 0 Å². The molecule has 0 radical (unpaired) electrons. The molecule has 62 valence electrons. The maximum absolute atomic E-state index is 9.82. The smallest absolute Gasteiger partial charge is 0.234 e. The van der Waals surface area contributed by atoms with Gasteiger partial charge in [0, 0.05) is 6.08 Å². The van der Waals surface area contributed by atoms with Crippen molar-refractivity contribution in [1.29, 1.82) is 0 Å². The summed E-state index contributed by atoms with van der Waals surface area (Å²) in [6, 6.07) is 3.51. The Bertz CT molecular complexity index is 298. The molecule has 0 saturated heterocycles. The highest BCUT2D eigenvalue weighted by atomic mass is 16.6. The minimum Gasteiger partial charge on any atom is -0.465 e. The fourth-order valence-corrected chi connectivity index (χ4v) is 0.656. The first-order valence-corrected chi connectivity index (χ1v) is 3.31. The average Bonchev–Trinajstić information content (AvgIpc) is 2.49. The molecule has 0 aliphatic heterocycles. The van der Waals surface area contributed by atoms with Crippen molar-refractivity contribution in [1.82, 2.24) is 0 Å². The van der Waals surface area contributed by atoms with E-state index in [2.05, 4.69) is 0 Å². The quantitative estimate of drug-likeness (QED) is 0.391. The third-order valence-electron chi connectivity index (χ3n) is 1.12. The van der Waals surface area contributed by atoms with E-state index in [1.54, 1.807) is 24.3 Å². The van der Waals surface area contributed by atoms with E-state index in [9.17, 15) is 10.1 Å². The second kappa shape index (κ2) is 4.12. The van der Waals surface area contributed by atoms with E-state index in [1.165, 1.54) is 12.3 Å². The van der Waals surface area contributed by atoms with Gasteiger partial charge in [0.1, 0.15) is 5.76 Å². The van der Waals surface area contributed by atoms with Crippen LogP contribution in [0.25, 0.3) is 6.08 Å². The van der Waals surface area contributed by atoms with Crippen LogP contribution in [0.2, 0.25) is 0 Å². The Morgan fingerprint density at radius 1 is 1.50 bits per heavy atom. The van der Waals surface area contributed by atoms with Crippen molar-refractivity contribution in [3.05, 3.63) is 52.6 Å². The zero-order valence-electron chi connectivity index (χ0n) is 6.21. The summed E-state index contributed by atoms with van der Waals surface area (Å²) < 4.78 is 4.95. The third-order valence-corrected chi connectivity index (χ3v) is 1.12. The lowest BCUT2D eigenvalue weighted by atomic mass is 10.4. The van der Waals surface area contributed by atoms with Gasteiger partial charge in [-0.3, -0.25) is 10.1 Å². The molecular formula is C8H7NO3. The minimum atomic E-state index is -0.521. The SMILES string of the molecule is O=[N+]([O-])C=CC=Cc1ccco1. The molecule has 0 amide bonds. The summed E-state index contributed by atoms with van der Waals surface area (Å²) in [6.07, 6.45) is 6.92. The van der Waals surface area contributed by atoms with Crippen LogP contribution in [0.15, 0.2) is 41.2 Å². The molecule has 0 N–H and O–H groups in total. The largest absolute Gasteiger partial charge is 0.465 e. The molecule has 0 aliphatic rings. The number of rotatable bonds is 3. The monoisotopic (exact) mass is 165 g/mol. The predicted molar refractivity (Wildman–Crippen MR) is 43.9 cm³/mol. The van der Waals surface area contributed by atoms with Crippen molar-refractivity contribution in [3.8, 4) is 0 Å². The van der Waals surface area contributed by atoms with Gasteiger partial charge in [-0.15, -0.1) is 0 Å². The Morgan fingerprint density at radius 2 is 2.33 bits per heavy atom. The van der Waals surface area contributed by atoms with E-state index >= 15 is 0 Å². The molecular weight excluding hydrogens is 158 g/mol. The summed E-state index contributed by atoms with van der Waals surface area (Å²) in [5.41, 5.74) is 0. The van der Waals surface area contributed by atoms with Crippen LogP contribution in [0.5, 0.6) is 0 Å². The van der Waals surface area contributed by atoms with E-state index in [-0.39, 0.29) is 0 Å². The van der Waals surface area contributed by atoms with Gasteiger partial charge in [-0.2, -0.15) is 0 Å². The molecule has 0 saturated carbocycles. The Morgan fingerprint density at radius 3 is 2.92 bits per heavy atom. The average molecular weight is 165 g/mol. The fourth-order valence-electron chi connectivity index (χ4n) is 0.656. The summed E-state index contributed by atoms with van der Waals surface area (Å²) in [6.45, 7) is 0. The number of nitro groups is 1. The second-order valence-electron chi connectivity index (χ2n) is 2.00. The normalized spacial score (nSPS) is 11.3. The lowest BCUT2D eigenvalue weighted by Gasteiger charge is -1.78. The molecule has 4 nitrogen and oxygen atoms in total. The lowest BCUT2D eigenvalue weighted by molar-refractivity contribution is -0.402. The first-order chi connectivity index (χ1) is 5.79. The van der Waals surface area contributed by atoms with E-state index in [0.29, 0.717) is 5.76 Å². The fraction of sp³-hybridized carbons (Fsp3) is 0. The highest BCUT2D eigenvalue weighted by Crippen LogP contribution is 2.01. The van der Waals surface area contributed by atoms with Crippen LogP contribution in [0.4, 0.5) is 0 Å². The van der Waals surface area contributed by atoms with Gasteiger partial charge in [-0.05, 0) is 18.2 Å². The van der Waals surface area contributed by atoms with Crippen LogP contribution in [-0.2, 0) is 0 Å². The molecule has 0 fully saturated rings. The molecule has 0 spiro atoms. The first kappa shape index (κ1) is 8.26. The van der Waals surface area contributed by atoms with Crippen LogP contribution in [0, 0.1) is 10.1 Å². The van der Waals surface area contributed by atoms with E-state index in [1.807, 2.05) is 0 Å². The summed E-state index contributed by atoms with van der Waals surface area (Å²) in [7, 11) is 0. The van der Waals surface area contributed by atoms with Crippen LogP contribution in [-0.4, -0.2) is 4.92 Å². The highest BCUT2D eigenvalue weighted by Gasteiger charge is 1.85. The predicted octanol–water partition coefficient (Wildman–Crippen LogP) is 2.08. The third kappa shape index (κ3) is 2.83. The molecule has 4 heteroatoms. The van der Waals surface area contributed by atoms with Crippen LogP contribution in [0.1, 0.15) is 5.76 Å². The van der Waals surface area contributed by atoms with Crippen LogP contribution < -0.4 is 0 Å². The highest BCUT2D eigenvalue weighted by molar-refractivity contribution is 5.44. The Hall–Kier alpha value is -1.84. The Balaban J connectivity index is 2.47. The number of nitrogens with zero attached hydrogens (tertiary/aromatic N) is 1. The molecule has 1 aromatic rings. The lowest BCUT2D eigenvalue weighted by Crippen LogP contribution is -1.80. The molecule has 1 heterocycles. The molecule has 0 aromatic carbocycles. The van der Waals surface area contributed by atoms with Crippen molar-refractivity contribution < 1.29 is 9.34 Å². The molecule has 0 bridgehead atoms. The molecule has 0 unspecified atom stereocenters. The molecule has 12 heavy (non-hydrogen) atoms. The zero-order chi connectivity index (χ0) is 8.81. The summed E-state index contributed by atoms with van der Waals surface area (Å²) in [5.74, 6) is 0.669. The van der Waals surface area contributed by atoms with Crippen molar-refractivity contribution in [2.24, 2.45) is 0 Å². The van der Waals surface area contributed by atoms with Crippen molar-refractivity contribution in [2.75, 3.05) is 0 Å². The van der Waals surface area contributed by atoms with E-state index in [4.69, 9.17) is 4.42 Å². The maximum atomic E-state index is 9.82. The van der Waals surface area contributed by atoms with Gasteiger partial charge >= 0.3 is 0 Å². The maximum Gasteiger partial charge on any atom is 0.234 e. The standard InChI is InChI=1S/C8H7NO3/c10-9(11)6-2-1-4-8-5-3-7-12-8/h1-7H. The zero-order valence-corrected chi connectivity index (χ0v) is 6.21. The van der Waals surface area contributed by atoms with E-state index in [0.717, 1.165) is 6.20 Å². The van der Waals surface area contributed by atoms with Crippen molar-refractivity contribution in [2.45, 2.75) is 0 Å². The van der Waals surface area contributed by atoms with Crippen molar-refractivity contribution >= 4 is 6.08 Å². The summed E-state index contributed by atoms with van der Waals surface area (Å²) in [5, 5.41) is 9.82. The van der Waals surface area contributed by atoms with Gasteiger partial charge in [-0.1, -0.05) is 6.08 Å². The second-order valence-corrected chi connectivity index (χ2v) is 2.00. The van der Waals surface area contributed by atoms with Crippen LogP contribution in [0.3, 0.4) is 0 Å². The van der Waals surface area contributed by atoms with Gasteiger partial charge in [0.05, 0.1) is 11.2 Å². The van der Waals surface area contributed by atoms with Gasteiger partial charge < -0.3 is 4.42 Å². The summed E-state index contributed by atoms with van der Waals surface area (Å²) in [4.78, 5) is 9.30. The van der Waals surface area contributed by atoms with Gasteiger partial charge in [0.2, 0.25) is 6.20 Å². The summed E-state index contributed by atoms with van der Waals surface area (Å²) >= 11 is 0. The van der Waals surface area contributed by atoms with Crippen molar-refractivity contribution in [3.63, 3.8) is 0 Å². The number of hydrogen-bond acceptors (Lipinski definition) is 3. The van der Waals surface area contributed by atoms with Crippen LogP contribution >= 0.6 is 0 Å². The first-order valence-electron chi connectivity index (χ1n) is 3.31. The van der Waals surface area contributed by atoms with Gasteiger partial charge in [-0.25, -0.2) is 0 Å². The molecule has 1 rings (SSSR count). The topological polar surface area (TPSA) is 56.3 Å². The van der Waals surface area contributed by atoms with E-state index < -0.39 is 4.92 Å². The minimum absolute atomic E-state index is 0.521. The number of hydrogen-bond donors (Lipinski definition) is 0. The molecule has 1 aromatic heterocycles. The number of allylic oxidation sites excluding steroid dienone is 2. The molecule has 0 atom stereocenters. The number of furan rings is 1. The Kier molecular flexibility index (Phi) is 2.84. The molecule has 0 aliphatic carbocycles. The van der Waals surface area contributed by atoms with Gasteiger partial charge in [0.15, 0.2) is 0 Å².